The molecule has 0 unspecified atom stereocenters. The molecule has 0 bridgehead atoms. The van der Waals surface area contributed by atoms with Crippen LogP contribution in [0.4, 0.5) is 0 Å². The van der Waals surface area contributed by atoms with Crippen molar-refractivity contribution in [3.63, 3.8) is 0 Å². The minimum atomic E-state index is 0.108. The molecule has 1 aliphatic heterocycles. The fourth-order valence-electron chi connectivity index (χ4n) is 2.96. The Morgan fingerprint density at radius 1 is 1.25 bits per heavy atom. The normalized spacial score (nSPS) is 20.9. The van der Waals surface area contributed by atoms with Gasteiger partial charge >= 0.3 is 0 Å². The summed E-state index contributed by atoms with van der Waals surface area (Å²) in [6.07, 6.45) is 5.32. The molecule has 0 atom stereocenters. The van der Waals surface area contributed by atoms with Gasteiger partial charge in [0.25, 0.3) is 0 Å². The Morgan fingerprint density at radius 3 is 2.65 bits per heavy atom. The fourth-order valence-corrected chi connectivity index (χ4v) is 3.17. The monoisotopic (exact) mass is 292 g/mol. The lowest BCUT2D eigenvalue weighted by molar-refractivity contribution is -0.121. The first-order chi connectivity index (χ1) is 9.70. The second kappa shape index (κ2) is 6.15. The SMILES string of the molecule is O=C(Cc1cccc(Cl)c1)NC1CCN(C2CC2)CC1. The van der Waals surface area contributed by atoms with Gasteiger partial charge in [0.15, 0.2) is 0 Å². The number of halogens is 1. The van der Waals surface area contributed by atoms with E-state index in [4.69, 9.17) is 11.6 Å². The molecule has 1 saturated heterocycles. The Morgan fingerprint density at radius 2 is 2.00 bits per heavy atom. The molecule has 0 aromatic heterocycles. The van der Waals surface area contributed by atoms with Gasteiger partial charge in [-0.1, -0.05) is 23.7 Å². The molecule has 2 aliphatic rings. The first-order valence-electron chi connectivity index (χ1n) is 7.48. The van der Waals surface area contributed by atoms with Crippen LogP contribution in [-0.4, -0.2) is 36.0 Å². The lowest BCUT2D eigenvalue weighted by atomic mass is 10.0. The van der Waals surface area contributed by atoms with Crippen LogP contribution in [-0.2, 0) is 11.2 Å². The van der Waals surface area contributed by atoms with Gasteiger partial charge < -0.3 is 10.2 Å². The summed E-state index contributed by atoms with van der Waals surface area (Å²) >= 11 is 5.93. The molecule has 1 amide bonds. The predicted octanol–water partition coefficient (Wildman–Crippen LogP) is 2.63. The van der Waals surface area contributed by atoms with Gasteiger partial charge in [-0.15, -0.1) is 0 Å². The summed E-state index contributed by atoms with van der Waals surface area (Å²) in [5.74, 6) is 0.108. The van der Waals surface area contributed by atoms with E-state index in [0.717, 1.165) is 37.5 Å². The molecule has 1 heterocycles. The number of piperidine rings is 1. The van der Waals surface area contributed by atoms with E-state index in [1.54, 1.807) is 0 Å². The van der Waals surface area contributed by atoms with Gasteiger partial charge in [-0.2, -0.15) is 0 Å². The number of hydrogen-bond acceptors (Lipinski definition) is 2. The van der Waals surface area contributed by atoms with Crippen LogP contribution in [0.1, 0.15) is 31.2 Å². The van der Waals surface area contributed by atoms with Crippen LogP contribution in [0.3, 0.4) is 0 Å². The van der Waals surface area contributed by atoms with Crippen molar-refractivity contribution in [2.75, 3.05) is 13.1 Å². The Bertz CT molecular complexity index is 479. The van der Waals surface area contributed by atoms with E-state index in [1.165, 1.54) is 12.8 Å². The maximum Gasteiger partial charge on any atom is 0.224 e. The summed E-state index contributed by atoms with van der Waals surface area (Å²) in [6, 6.07) is 8.71. The van der Waals surface area contributed by atoms with Crippen molar-refractivity contribution >= 4 is 17.5 Å². The van der Waals surface area contributed by atoms with E-state index >= 15 is 0 Å². The van der Waals surface area contributed by atoms with E-state index in [-0.39, 0.29) is 5.91 Å². The summed E-state index contributed by atoms with van der Waals surface area (Å²) in [4.78, 5) is 14.6. The van der Waals surface area contributed by atoms with Gasteiger partial charge in [0.1, 0.15) is 0 Å². The number of carbonyl (C=O) groups excluding carboxylic acids is 1. The number of rotatable bonds is 4. The Kier molecular flexibility index (Phi) is 4.27. The smallest absolute Gasteiger partial charge is 0.224 e. The molecular formula is C16H21ClN2O. The van der Waals surface area contributed by atoms with Crippen molar-refractivity contribution in [3.05, 3.63) is 34.9 Å². The zero-order valence-corrected chi connectivity index (χ0v) is 12.4. The molecule has 3 nitrogen and oxygen atoms in total. The van der Waals surface area contributed by atoms with Crippen LogP contribution in [0.15, 0.2) is 24.3 Å². The number of nitrogens with zero attached hydrogens (tertiary/aromatic N) is 1. The highest BCUT2D eigenvalue weighted by molar-refractivity contribution is 6.30. The van der Waals surface area contributed by atoms with Crippen molar-refractivity contribution in [2.24, 2.45) is 0 Å². The van der Waals surface area contributed by atoms with Crippen LogP contribution in [0, 0.1) is 0 Å². The highest BCUT2D eigenvalue weighted by Crippen LogP contribution is 2.29. The Labute approximate surface area is 125 Å². The number of amides is 1. The third-order valence-electron chi connectivity index (χ3n) is 4.21. The van der Waals surface area contributed by atoms with Gasteiger partial charge in [0, 0.05) is 30.2 Å². The van der Waals surface area contributed by atoms with Gasteiger partial charge in [-0.05, 0) is 43.4 Å². The maximum atomic E-state index is 12.1. The molecule has 0 spiro atoms. The van der Waals surface area contributed by atoms with Crippen LogP contribution in [0.2, 0.25) is 5.02 Å². The molecule has 1 N–H and O–H groups in total. The predicted molar refractivity (Wildman–Crippen MR) is 80.9 cm³/mol. The zero-order valence-electron chi connectivity index (χ0n) is 11.6. The van der Waals surface area contributed by atoms with Crippen molar-refractivity contribution in [3.8, 4) is 0 Å². The van der Waals surface area contributed by atoms with Crippen molar-refractivity contribution in [2.45, 2.75) is 44.2 Å². The lowest BCUT2D eigenvalue weighted by Gasteiger charge is -2.32. The second-order valence-electron chi connectivity index (χ2n) is 5.92. The average Bonchev–Trinajstić information content (AvgIpc) is 3.24. The third-order valence-corrected chi connectivity index (χ3v) is 4.45. The quantitative estimate of drug-likeness (QED) is 0.925. The standard InChI is InChI=1S/C16H21ClN2O/c17-13-3-1-2-12(10-13)11-16(20)18-14-6-8-19(9-7-14)15-4-5-15/h1-3,10,14-15H,4-9,11H2,(H,18,20). The van der Waals surface area contributed by atoms with Gasteiger partial charge in [-0.25, -0.2) is 0 Å². The number of carbonyl (C=O) groups is 1. The topological polar surface area (TPSA) is 32.3 Å². The van der Waals surface area contributed by atoms with Gasteiger partial charge in [-0.3, -0.25) is 4.79 Å². The Balaban J connectivity index is 1.44. The number of likely N-dealkylation sites (tertiary alicyclic amines) is 1. The first-order valence-corrected chi connectivity index (χ1v) is 7.86. The highest BCUT2D eigenvalue weighted by Gasteiger charge is 2.31. The summed E-state index contributed by atoms with van der Waals surface area (Å²) in [5, 5.41) is 3.85. The summed E-state index contributed by atoms with van der Waals surface area (Å²) < 4.78 is 0. The maximum absolute atomic E-state index is 12.1. The van der Waals surface area contributed by atoms with E-state index in [9.17, 15) is 4.79 Å². The Hall–Kier alpha value is -1.06. The molecule has 2 fully saturated rings. The molecule has 0 radical (unpaired) electrons. The first kappa shape index (κ1) is 13.9. The van der Waals surface area contributed by atoms with Crippen LogP contribution in [0.5, 0.6) is 0 Å². The number of nitrogens with one attached hydrogen (secondary N) is 1. The highest BCUT2D eigenvalue weighted by atomic mass is 35.5. The van der Waals surface area contributed by atoms with E-state index in [2.05, 4.69) is 10.2 Å². The third kappa shape index (κ3) is 3.74. The van der Waals surface area contributed by atoms with E-state index in [0.29, 0.717) is 17.5 Å². The molecule has 108 valence electrons. The van der Waals surface area contributed by atoms with Crippen molar-refractivity contribution in [1.29, 1.82) is 0 Å². The van der Waals surface area contributed by atoms with E-state index in [1.807, 2.05) is 24.3 Å². The second-order valence-corrected chi connectivity index (χ2v) is 6.35. The molecule has 4 heteroatoms. The van der Waals surface area contributed by atoms with Crippen LogP contribution < -0.4 is 5.32 Å². The zero-order chi connectivity index (χ0) is 13.9. The van der Waals surface area contributed by atoms with Crippen molar-refractivity contribution < 1.29 is 4.79 Å². The average molecular weight is 293 g/mol. The summed E-state index contributed by atoms with van der Waals surface area (Å²) in [5.41, 5.74) is 0.977. The fraction of sp³-hybridized carbons (Fsp3) is 0.562. The molecular weight excluding hydrogens is 272 g/mol. The lowest BCUT2D eigenvalue weighted by Crippen LogP contribution is -2.45. The molecule has 1 saturated carbocycles. The van der Waals surface area contributed by atoms with Crippen LogP contribution in [0.25, 0.3) is 0 Å². The number of benzene rings is 1. The summed E-state index contributed by atoms with van der Waals surface area (Å²) in [7, 11) is 0. The summed E-state index contributed by atoms with van der Waals surface area (Å²) in [6.45, 7) is 2.26. The minimum Gasteiger partial charge on any atom is -0.353 e. The molecule has 1 aliphatic carbocycles. The van der Waals surface area contributed by atoms with E-state index < -0.39 is 0 Å². The van der Waals surface area contributed by atoms with Crippen LogP contribution >= 0.6 is 11.6 Å². The minimum absolute atomic E-state index is 0.108. The largest absolute Gasteiger partial charge is 0.353 e. The molecule has 1 aromatic carbocycles. The molecule has 3 rings (SSSR count). The van der Waals surface area contributed by atoms with Gasteiger partial charge in [0.05, 0.1) is 6.42 Å². The number of hydrogen-bond donors (Lipinski definition) is 1. The van der Waals surface area contributed by atoms with Gasteiger partial charge in [0.2, 0.25) is 5.91 Å². The van der Waals surface area contributed by atoms with Crippen molar-refractivity contribution in [1.82, 2.24) is 10.2 Å². The molecule has 1 aromatic rings. The molecule has 20 heavy (non-hydrogen) atoms.